The minimum atomic E-state index is -1.94. The van der Waals surface area contributed by atoms with Gasteiger partial charge in [-0.25, -0.2) is 0 Å². The quantitative estimate of drug-likeness (QED) is 0.253. The summed E-state index contributed by atoms with van der Waals surface area (Å²) < 4.78 is 5.16. The van der Waals surface area contributed by atoms with Crippen LogP contribution in [0.3, 0.4) is 0 Å². The average Bonchev–Trinajstić information content (AvgIpc) is 2.38. The Morgan fingerprint density at radius 3 is 2.50 bits per heavy atom. The summed E-state index contributed by atoms with van der Waals surface area (Å²) in [7, 11) is 0. The highest BCUT2D eigenvalue weighted by atomic mass is 16.6. The lowest BCUT2D eigenvalue weighted by molar-refractivity contribution is -0.138. The minimum Gasteiger partial charge on any atom is -0.485 e. The first-order valence-corrected chi connectivity index (χ1v) is 6.02. The molecule has 0 aromatic rings. The fourth-order valence-electron chi connectivity index (χ4n) is 1.95. The second kappa shape index (κ2) is 6.97. The van der Waals surface area contributed by atoms with E-state index in [-0.39, 0.29) is 5.76 Å². The van der Waals surface area contributed by atoms with Gasteiger partial charge in [0.1, 0.15) is 18.3 Å². The summed E-state index contributed by atoms with van der Waals surface area (Å²) in [4.78, 5) is 11.1. The molecule has 0 radical (unpaired) electrons. The molecule has 9 heteroatoms. The molecule has 1 heterocycles. The molecule has 0 spiro atoms. The van der Waals surface area contributed by atoms with E-state index >= 15 is 0 Å². The van der Waals surface area contributed by atoms with Gasteiger partial charge in [-0.05, 0) is 6.08 Å². The Bertz CT molecular complexity index is 374. The van der Waals surface area contributed by atoms with Crippen LogP contribution in [0.1, 0.15) is 6.92 Å². The van der Waals surface area contributed by atoms with Crippen molar-refractivity contribution < 1.29 is 35.1 Å². The van der Waals surface area contributed by atoms with Gasteiger partial charge < -0.3 is 41.3 Å². The maximum absolute atomic E-state index is 11.1. The predicted octanol–water partition coefficient (Wildman–Crippen LogP) is -3.87. The van der Waals surface area contributed by atoms with E-state index in [9.17, 15) is 15.0 Å². The summed E-state index contributed by atoms with van der Waals surface area (Å²) in [5.74, 6) is -0.737. The van der Waals surface area contributed by atoms with Gasteiger partial charge in [-0.3, -0.25) is 4.79 Å². The number of rotatable bonds is 5. The van der Waals surface area contributed by atoms with Gasteiger partial charge in [-0.1, -0.05) is 0 Å². The van der Waals surface area contributed by atoms with Crippen molar-refractivity contribution in [3.8, 4) is 0 Å². The van der Waals surface area contributed by atoms with Crippen LogP contribution in [0.5, 0.6) is 0 Å². The highest BCUT2D eigenvalue weighted by molar-refractivity contribution is 5.73. The van der Waals surface area contributed by atoms with Crippen LogP contribution in [-0.4, -0.2) is 74.7 Å². The lowest BCUT2D eigenvalue weighted by Gasteiger charge is -2.39. The van der Waals surface area contributed by atoms with Crippen LogP contribution >= 0.6 is 0 Å². The fourth-order valence-corrected chi connectivity index (χ4v) is 1.95. The van der Waals surface area contributed by atoms with Crippen LogP contribution in [0.25, 0.3) is 0 Å². The molecule has 1 unspecified atom stereocenters. The first-order valence-electron chi connectivity index (χ1n) is 6.02. The maximum Gasteiger partial charge on any atom is 0.217 e. The van der Waals surface area contributed by atoms with Crippen molar-refractivity contribution in [2.75, 3.05) is 6.61 Å². The second-order valence-corrected chi connectivity index (χ2v) is 4.57. The Kier molecular flexibility index (Phi) is 5.87. The molecule has 0 saturated heterocycles. The summed E-state index contributed by atoms with van der Waals surface area (Å²) in [6.45, 7) is 0.503. The first kappa shape index (κ1) is 16.8. The van der Waals surface area contributed by atoms with E-state index in [4.69, 9.17) is 25.8 Å². The number of hydrogen-bond donors (Lipinski definition) is 7. The Labute approximate surface area is 115 Å². The molecule has 5 atom stereocenters. The highest BCUT2D eigenvalue weighted by Gasteiger charge is 2.41. The predicted molar refractivity (Wildman–Crippen MR) is 65.9 cm³/mol. The monoisotopic (exact) mass is 292 g/mol. The normalized spacial score (nSPS) is 29.4. The Morgan fingerprint density at radius 2 is 2.05 bits per heavy atom. The molecular formula is C11H20N2O7. The molecule has 0 fully saturated rings. The number of hydrogen-bond acceptors (Lipinski definition) is 8. The van der Waals surface area contributed by atoms with Crippen LogP contribution in [0.15, 0.2) is 11.8 Å². The number of nitrogens with two attached hydrogens (primary N) is 1. The summed E-state index contributed by atoms with van der Waals surface area (Å²) in [5, 5.41) is 48.8. The third kappa shape index (κ3) is 3.88. The number of aliphatic hydroxyl groups excluding tert-OH is 4. The van der Waals surface area contributed by atoms with E-state index in [0.717, 1.165) is 0 Å². The van der Waals surface area contributed by atoms with Crippen LogP contribution in [0.4, 0.5) is 0 Å². The van der Waals surface area contributed by atoms with Gasteiger partial charge in [0.05, 0.1) is 18.7 Å². The number of amides is 1. The zero-order chi connectivity index (χ0) is 15.4. The molecule has 1 aliphatic rings. The van der Waals surface area contributed by atoms with Crippen LogP contribution in [0.2, 0.25) is 0 Å². The lowest BCUT2D eigenvalue weighted by Crippen LogP contribution is -2.62. The van der Waals surface area contributed by atoms with Gasteiger partial charge in [0.25, 0.3) is 0 Å². The van der Waals surface area contributed by atoms with Crippen molar-refractivity contribution in [3.63, 3.8) is 0 Å². The van der Waals surface area contributed by atoms with E-state index in [1.54, 1.807) is 0 Å². The number of nitrogens with one attached hydrogen (secondary N) is 1. The Hall–Kier alpha value is -1.23. The zero-order valence-corrected chi connectivity index (χ0v) is 10.9. The van der Waals surface area contributed by atoms with Crippen LogP contribution in [0, 0.1) is 0 Å². The Morgan fingerprint density at radius 1 is 1.45 bits per heavy atom. The SMILES string of the molecule is CC(=O)N[C@@H]1[C@H](N)C=C(C(O)O)O[C@H]1C(O)[C@H](O)CO. The van der Waals surface area contributed by atoms with Crippen molar-refractivity contribution in [1.82, 2.24) is 5.32 Å². The number of ether oxygens (including phenoxy) is 1. The van der Waals surface area contributed by atoms with Crippen molar-refractivity contribution in [1.29, 1.82) is 0 Å². The summed E-state index contributed by atoms with van der Waals surface area (Å²) in [5.41, 5.74) is 5.78. The fraction of sp³-hybridized carbons (Fsp3) is 0.727. The standard InChI is InChI=1S/C11H20N2O7/c1-4(15)13-8-5(12)2-7(11(18)19)20-10(8)9(17)6(16)3-14/h2,5-6,8-11,14,16-19H,3,12H2,1H3,(H,13,15)/t5-,6-,8-,9?,10-/m1/s1. The van der Waals surface area contributed by atoms with Gasteiger partial charge in [0.15, 0.2) is 5.76 Å². The number of carbonyl (C=O) groups is 1. The van der Waals surface area contributed by atoms with Crippen molar-refractivity contribution in [2.24, 2.45) is 5.73 Å². The minimum absolute atomic E-state index is 0.298. The van der Waals surface area contributed by atoms with E-state index in [1.165, 1.54) is 13.0 Å². The van der Waals surface area contributed by atoms with Gasteiger partial charge in [0, 0.05) is 6.92 Å². The van der Waals surface area contributed by atoms with E-state index in [1.807, 2.05) is 0 Å². The zero-order valence-electron chi connectivity index (χ0n) is 10.9. The molecule has 9 nitrogen and oxygen atoms in total. The van der Waals surface area contributed by atoms with Gasteiger partial charge in [-0.2, -0.15) is 0 Å². The topological polar surface area (TPSA) is 166 Å². The summed E-state index contributed by atoms with van der Waals surface area (Å²) in [6, 6.07) is -1.76. The largest absolute Gasteiger partial charge is 0.485 e. The molecule has 116 valence electrons. The lowest BCUT2D eigenvalue weighted by atomic mass is 9.92. The number of carbonyl (C=O) groups excluding carboxylic acids is 1. The third-order valence-corrected chi connectivity index (χ3v) is 2.94. The van der Waals surface area contributed by atoms with Crippen LogP contribution in [-0.2, 0) is 9.53 Å². The molecule has 1 rings (SSSR count). The molecule has 0 aromatic heterocycles. The van der Waals surface area contributed by atoms with E-state index in [2.05, 4.69) is 5.32 Å². The van der Waals surface area contributed by atoms with Gasteiger partial charge >= 0.3 is 0 Å². The molecule has 0 saturated carbocycles. The van der Waals surface area contributed by atoms with Crippen LogP contribution < -0.4 is 11.1 Å². The van der Waals surface area contributed by atoms with Crippen molar-refractivity contribution in [3.05, 3.63) is 11.8 Å². The molecule has 1 aliphatic heterocycles. The molecule has 0 aliphatic carbocycles. The van der Waals surface area contributed by atoms with Crippen molar-refractivity contribution in [2.45, 2.75) is 43.6 Å². The smallest absolute Gasteiger partial charge is 0.217 e. The molecule has 8 N–H and O–H groups in total. The van der Waals surface area contributed by atoms with Gasteiger partial charge in [-0.15, -0.1) is 0 Å². The second-order valence-electron chi connectivity index (χ2n) is 4.57. The average molecular weight is 292 g/mol. The number of aliphatic hydroxyl groups is 5. The highest BCUT2D eigenvalue weighted by Crippen LogP contribution is 2.23. The van der Waals surface area contributed by atoms with E-state index in [0.29, 0.717) is 0 Å². The van der Waals surface area contributed by atoms with Gasteiger partial charge in [0.2, 0.25) is 12.2 Å². The molecule has 0 aromatic carbocycles. The summed E-state index contributed by atoms with van der Waals surface area (Å²) in [6.07, 6.45) is -5.10. The van der Waals surface area contributed by atoms with E-state index < -0.39 is 49.2 Å². The first-order chi connectivity index (χ1) is 9.27. The molecule has 0 bridgehead atoms. The molecular weight excluding hydrogens is 272 g/mol. The third-order valence-electron chi connectivity index (χ3n) is 2.94. The molecule has 1 amide bonds. The summed E-state index contributed by atoms with van der Waals surface area (Å²) >= 11 is 0. The maximum atomic E-state index is 11.1. The Balaban J connectivity index is 3.01. The molecule has 20 heavy (non-hydrogen) atoms. The van der Waals surface area contributed by atoms with Crippen molar-refractivity contribution >= 4 is 5.91 Å².